The number of benzene rings is 4. The fraction of sp³-hybridized carbons (Fsp3) is 0.161. The van der Waals surface area contributed by atoms with Gasteiger partial charge in [-0.2, -0.15) is 0 Å². The van der Waals surface area contributed by atoms with E-state index in [9.17, 15) is 19.7 Å². The van der Waals surface area contributed by atoms with E-state index >= 15 is 0 Å². The van der Waals surface area contributed by atoms with E-state index in [2.05, 4.69) is 10.6 Å². The number of nitrogens with zero attached hydrogens (tertiary/aromatic N) is 1. The van der Waals surface area contributed by atoms with Crippen LogP contribution in [0.15, 0.2) is 103 Å². The third-order valence-corrected chi connectivity index (χ3v) is 6.39. The van der Waals surface area contributed by atoms with Crippen LogP contribution in [0.1, 0.15) is 33.7 Å². The second kappa shape index (κ2) is 12.0. The molecule has 0 aliphatic rings. The van der Waals surface area contributed by atoms with Crippen LogP contribution in [0.5, 0.6) is 0 Å². The quantitative estimate of drug-likeness (QED) is 0.224. The average molecular weight is 508 g/mol. The standard InChI is InChI=1S/C31H29N3O4/c1-21-13-18-27(22(2)19-21)32-30(35)28(20-23-14-16-26(17-15-23)34(37)38)33-31(36)29(24-9-5-3-6-10-24)25-11-7-4-8-12-25/h3-19,28-29H,20H2,1-2H3,(H,32,35)(H,33,36)/t28-/m0/s1. The summed E-state index contributed by atoms with van der Waals surface area (Å²) in [6, 6.07) is 29.6. The van der Waals surface area contributed by atoms with Gasteiger partial charge in [0.15, 0.2) is 0 Å². The lowest BCUT2D eigenvalue weighted by Gasteiger charge is -2.24. The van der Waals surface area contributed by atoms with Crippen LogP contribution in [0.2, 0.25) is 0 Å². The largest absolute Gasteiger partial charge is 0.343 e. The molecule has 2 amide bonds. The van der Waals surface area contributed by atoms with Gasteiger partial charge in [-0.1, -0.05) is 90.5 Å². The molecule has 4 aromatic carbocycles. The van der Waals surface area contributed by atoms with Crippen molar-refractivity contribution in [2.75, 3.05) is 5.32 Å². The molecule has 4 aromatic rings. The summed E-state index contributed by atoms with van der Waals surface area (Å²) in [5.74, 6) is -1.31. The van der Waals surface area contributed by atoms with Crippen molar-refractivity contribution in [1.82, 2.24) is 5.32 Å². The molecule has 0 spiro atoms. The summed E-state index contributed by atoms with van der Waals surface area (Å²) in [7, 11) is 0. The van der Waals surface area contributed by atoms with Crippen LogP contribution in [0, 0.1) is 24.0 Å². The number of amides is 2. The molecule has 1 atom stereocenters. The molecule has 0 radical (unpaired) electrons. The molecule has 0 unspecified atom stereocenters. The SMILES string of the molecule is Cc1ccc(NC(=O)[C@H](Cc2ccc([N+](=O)[O-])cc2)NC(=O)C(c2ccccc2)c2ccccc2)c(C)c1. The number of hydrogen-bond donors (Lipinski definition) is 2. The van der Waals surface area contributed by atoms with E-state index in [1.807, 2.05) is 92.7 Å². The van der Waals surface area contributed by atoms with E-state index in [4.69, 9.17) is 0 Å². The number of aryl methyl sites for hydroxylation is 2. The highest BCUT2D eigenvalue weighted by atomic mass is 16.6. The molecular formula is C31H29N3O4. The minimum Gasteiger partial charge on any atom is -0.343 e. The Labute approximate surface area is 221 Å². The maximum Gasteiger partial charge on any atom is 0.269 e. The Hall–Kier alpha value is -4.78. The molecule has 0 bridgehead atoms. The van der Waals surface area contributed by atoms with Crippen LogP contribution in [-0.4, -0.2) is 22.8 Å². The molecule has 38 heavy (non-hydrogen) atoms. The minimum absolute atomic E-state index is 0.0395. The highest BCUT2D eigenvalue weighted by Crippen LogP contribution is 2.25. The van der Waals surface area contributed by atoms with Crippen LogP contribution >= 0.6 is 0 Å². The van der Waals surface area contributed by atoms with Gasteiger partial charge in [-0.3, -0.25) is 19.7 Å². The fourth-order valence-electron chi connectivity index (χ4n) is 4.41. The van der Waals surface area contributed by atoms with Gasteiger partial charge in [0.25, 0.3) is 5.69 Å². The van der Waals surface area contributed by atoms with Gasteiger partial charge >= 0.3 is 0 Å². The maximum absolute atomic E-state index is 13.8. The third kappa shape index (κ3) is 6.50. The zero-order valence-electron chi connectivity index (χ0n) is 21.3. The molecular weight excluding hydrogens is 478 g/mol. The molecule has 4 rings (SSSR count). The molecule has 7 nitrogen and oxygen atoms in total. The first-order valence-corrected chi connectivity index (χ1v) is 12.3. The lowest BCUT2D eigenvalue weighted by Crippen LogP contribution is -2.47. The summed E-state index contributed by atoms with van der Waals surface area (Å²) in [6.45, 7) is 3.89. The molecule has 192 valence electrons. The summed E-state index contributed by atoms with van der Waals surface area (Å²) in [5, 5.41) is 17.0. The predicted octanol–water partition coefficient (Wildman–Crippen LogP) is 5.71. The van der Waals surface area contributed by atoms with Crippen LogP contribution in [0.25, 0.3) is 0 Å². The monoisotopic (exact) mass is 507 g/mol. The van der Waals surface area contributed by atoms with Gasteiger partial charge in [0.2, 0.25) is 11.8 Å². The van der Waals surface area contributed by atoms with Crippen molar-refractivity contribution < 1.29 is 14.5 Å². The molecule has 0 saturated heterocycles. The van der Waals surface area contributed by atoms with E-state index in [0.717, 1.165) is 22.3 Å². The zero-order valence-corrected chi connectivity index (χ0v) is 21.3. The Balaban J connectivity index is 1.64. The number of carbonyl (C=O) groups excluding carboxylic acids is 2. The Morgan fingerprint density at radius 3 is 1.89 bits per heavy atom. The van der Waals surface area contributed by atoms with Gasteiger partial charge in [-0.05, 0) is 42.2 Å². The Morgan fingerprint density at radius 2 is 1.37 bits per heavy atom. The molecule has 7 heteroatoms. The summed E-state index contributed by atoms with van der Waals surface area (Å²) in [4.78, 5) is 37.9. The molecule has 0 aromatic heterocycles. The Morgan fingerprint density at radius 1 is 0.789 bits per heavy atom. The Bertz CT molecular complexity index is 1380. The van der Waals surface area contributed by atoms with Gasteiger partial charge in [-0.15, -0.1) is 0 Å². The summed E-state index contributed by atoms with van der Waals surface area (Å²) < 4.78 is 0. The van der Waals surface area contributed by atoms with Crippen molar-refractivity contribution in [2.24, 2.45) is 0 Å². The van der Waals surface area contributed by atoms with Crippen LogP contribution in [0.4, 0.5) is 11.4 Å². The number of non-ortho nitro benzene ring substituents is 1. The smallest absolute Gasteiger partial charge is 0.269 e. The average Bonchev–Trinajstić information content (AvgIpc) is 2.91. The number of carbonyl (C=O) groups is 2. The van der Waals surface area contributed by atoms with Gasteiger partial charge in [-0.25, -0.2) is 0 Å². The first-order valence-electron chi connectivity index (χ1n) is 12.3. The van der Waals surface area contributed by atoms with E-state index in [-0.39, 0.29) is 23.9 Å². The molecule has 0 heterocycles. The first-order chi connectivity index (χ1) is 18.3. The van der Waals surface area contributed by atoms with Gasteiger partial charge in [0, 0.05) is 24.2 Å². The van der Waals surface area contributed by atoms with E-state index in [1.54, 1.807) is 12.1 Å². The molecule has 0 aliphatic carbocycles. The lowest BCUT2D eigenvalue weighted by atomic mass is 9.90. The zero-order chi connectivity index (χ0) is 27.1. The third-order valence-electron chi connectivity index (χ3n) is 6.39. The minimum atomic E-state index is -0.917. The summed E-state index contributed by atoms with van der Waals surface area (Å²) in [5.41, 5.74) is 4.90. The van der Waals surface area contributed by atoms with Gasteiger partial charge in [0.05, 0.1) is 10.8 Å². The predicted molar refractivity (Wildman–Crippen MR) is 148 cm³/mol. The molecule has 0 aliphatic heterocycles. The second-order valence-corrected chi connectivity index (χ2v) is 9.25. The number of nitrogens with one attached hydrogen (secondary N) is 2. The van der Waals surface area contributed by atoms with Crippen LogP contribution < -0.4 is 10.6 Å². The molecule has 2 N–H and O–H groups in total. The van der Waals surface area contributed by atoms with Gasteiger partial charge in [0.1, 0.15) is 6.04 Å². The highest BCUT2D eigenvalue weighted by Gasteiger charge is 2.28. The summed E-state index contributed by atoms with van der Waals surface area (Å²) >= 11 is 0. The normalized spacial score (nSPS) is 11.6. The number of nitro benzene ring substituents is 1. The summed E-state index contributed by atoms with van der Waals surface area (Å²) in [6.07, 6.45) is 0.163. The van der Waals surface area contributed by atoms with Crippen molar-refractivity contribution in [2.45, 2.75) is 32.2 Å². The van der Waals surface area contributed by atoms with Crippen molar-refractivity contribution >= 4 is 23.2 Å². The van der Waals surface area contributed by atoms with E-state index < -0.39 is 16.9 Å². The van der Waals surface area contributed by atoms with Crippen molar-refractivity contribution in [3.8, 4) is 0 Å². The number of anilines is 1. The van der Waals surface area contributed by atoms with Crippen LogP contribution in [0.3, 0.4) is 0 Å². The number of hydrogen-bond acceptors (Lipinski definition) is 4. The van der Waals surface area contributed by atoms with Crippen molar-refractivity contribution in [3.63, 3.8) is 0 Å². The molecule has 0 saturated carbocycles. The second-order valence-electron chi connectivity index (χ2n) is 9.25. The number of nitro groups is 1. The Kier molecular flexibility index (Phi) is 8.28. The van der Waals surface area contributed by atoms with Crippen molar-refractivity contribution in [1.29, 1.82) is 0 Å². The highest BCUT2D eigenvalue weighted by molar-refractivity contribution is 5.99. The van der Waals surface area contributed by atoms with E-state index in [1.165, 1.54) is 12.1 Å². The topological polar surface area (TPSA) is 101 Å². The fourth-order valence-corrected chi connectivity index (χ4v) is 4.41. The number of rotatable bonds is 9. The van der Waals surface area contributed by atoms with Crippen LogP contribution in [-0.2, 0) is 16.0 Å². The first kappa shape index (κ1) is 26.3. The lowest BCUT2D eigenvalue weighted by molar-refractivity contribution is -0.384. The maximum atomic E-state index is 13.8. The van der Waals surface area contributed by atoms with Gasteiger partial charge < -0.3 is 10.6 Å². The van der Waals surface area contributed by atoms with E-state index in [0.29, 0.717) is 11.3 Å². The van der Waals surface area contributed by atoms with Crippen molar-refractivity contribution in [3.05, 3.63) is 141 Å². The molecule has 0 fully saturated rings.